The van der Waals surface area contributed by atoms with Gasteiger partial charge in [-0.2, -0.15) is 0 Å². The minimum atomic E-state index is -0.713. The number of primary amides is 1. The van der Waals surface area contributed by atoms with E-state index >= 15 is 0 Å². The molecule has 4 N–H and O–H groups in total. The van der Waals surface area contributed by atoms with Gasteiger partial charge >= 0.3 is 0 Å². The van der Waals surface area contributed by atoms with Crippen LogP contribution in [-0.4, -0.2) is 21.9 Å². The third-order valence-electron chi connectivity index (χ3n) is 3.67. The van der Waals surface area contributed by atoms with E-state index in [-0.39, 0.29) is 28.6 Å². The van der Waals surface area contributed by atoms with Crippen molar-refractivity contribution in [2.75, 3.05) is 5.32 Å². The van der Waals surface area contributed by atoms with Crippen LogP contribution in [0.5, 0.6) is 5.75 Å². The summed E-state index contributed by atoms with van der Waals surface area (Å²) in [6, 6.07) is 4.44. The number of nitrogens with two attached hydrogens (primary N) is 1. The Kier molecular flexibility index (Phi) is 5.78. The maximum Gasteiger partial charge on any atom is 0.267 e. The fraction of sp³-hybridized carbons (Fsp3) is 0.278. The van der Waals surface area contributed by atoms with E-state index in [0.717, 1.165) is 0 Å². The van der Waals surface area contributed by atoms with E-state index in [1.165, 1.54) is 24.4 Å². The number of phenols is 1. The number of halogens is 2. The second kappa shape index (κ2) is 7.51. The highest BCUT2D eigenvalue weighted by molar-refractivity contribution is 6.34. The minimum Gasteiger partial charge on any atom is -0.508 e. The van der Waals surface area contributed by atoms with E-state index in [1.807, 2.05) is 20.8 Å². The molecule has 8 heteroatoms. The molecule has 0 saturated heterocycles. The molecule has 0 atom stereocenters. The number of amides is 2. The fourth-order valence-electron chi connectivity index (χ4n) is 2.58. The minimum absolute atomic E-state index is 0.0424. The Morgan fingerprint density at radius 2 is 1.92 bits per heavy atom. The predicted octanol–water partition coefficient (Wildman–Crippen LogP) is 3.67. The summed E-state index contributed by atoms with van der Waals surface area (Å²) >= 11 is 12.1. The van der Waals surface area contributed by atoms with Gasteiger partial charge in [0.1, 0.15) is 11.4 Å². The third kappa shape index (κ3) is 4.45. The normalized spacial score (nSPS) is 11.3. The lowest BCUT2D eigenvalue weighted by atomic mass is 9.84. The largest absolute Gasteiger partial charge is 0.508 e. The molecule has 0 spiro atoms. The van der Waals surface area contributed by atoms with Crippen molar-refractivity contribution in [3.63, 3.8) is 0 Å². The van der Waals surface area contributed by atoms with Crippen LogP contribution in [0.1, 0.15) is 42.4 Å². The first-order valence-corrected chi connectivity index (χ1v) is 8.52. The molecular formula is C18H19Cl2N3O3. The van der Waals surface area contributed by atoms with Gasteiger partial charge in [-0.15, -0.1) is 0 Å². The first-order valence-electron chi connectivity index (χ1n) is 7.76. The number of aromatic hydroxyl groups is 1. The summed E-state index contributed by atoms with van der Waals surface area (Å²) in [6.07, 6.45) is 1.14. The number of carbonyl (C=O) groups excluding carboxylic acids is 2. The molecule has 26 heavy (non-hydrogen) atoms. The van der Waals surface area contributed by atoms with Crippen LogP contribution in [0.25, 0.3) is 0 Å². The van der Waals surface area contributed by atoms with Gasteiger partial charge in [-0.05, 0) is 23.6 Å². The number of anilines is 1. The van der Waals surface area contributed by atoms with Crippen LogP contribution in [0, 0.1) is 0 Å². The first kappa shape index (κ1) is 20.0. The summed E-state index contributed by atoms with van der Waals surface area (Å²) in [5.41, 5.74) is 5.99. The highest BCUT2D eigenvalue weighted by Crippen LogP contribution is 2.36. The molecule has 0 aliphatic heterocycles. The number of hydrogen-bond donors (Lipinski definition) is 3. The number of carbonyl (C=O) groups is 2. The lowest BCUT2D eigenvalue weighted by Crippen LogP contribution is -2.26. The summed E-state index contributed by atoms with van der Waals surface area (Å²) in [5.74, 6) is -1.19. The highest BCUT2D eigenvalue weighted by atomic mass is 35.5. The molecule has 0 saturated carbocycles. The number of rotatable bonds is 4. The Bertz CT molecular complexity index is 877. The summed E-state index contributed by atoms with van der Waals surface area (Å²) in [5, 5.41) is 13.2. The van der Waals surface area contributed by atoms with Crippen molar-refractivity contribution in [1.29, 1.82) is 0 Å². The van der Waals surface area contributed by atoms with Crippen LogP contribution in [0.3, 0.4) is 0 Å². The maximum atomic E-state index is 12.5. The Morgan fingerprint density at radius 3 is 2.50 bits per heavy atom. The second-order valence-electron chi connectivity index (χ2n) is 6.82. The van der Waals surface area contributed by atoms with Crippen LogP contribution in [0.15, 0.2) is 24.4 Å². The number of phenolic OH excluding ortho intramolecular Hbond substituents is 1. The van der Waals surface area contributed by atoms with Gasteiger partial charge in [0.15, 0.2) is 0 Å². The molecule has 0 aliphatic carbocycles. The van der Waals surface area contributed by atoms with Gasteiger partial charge in [-0.1, -0.05) is 44.0 Å². The molecule has 0 radical (unpaired) electrons. The average Bonchev–Trinajstić information content (AvgIpc) is 2.51. The van der Waals surface area contributed by atoms with Crippen molar-refractivity contribution in [1.82, 2.24) is 4.98 Å². The molecule has 2 aromatic rings. The highest BCUT2D eigenvalue weighted by Gasteiger charge is 2.28. The SMILES string of the molecule is CC(C)(C)c1c(C(N)=O)ncc(Cl)c1NC(=O)Cc1cc(Cl)ccc1O. The van der Waals surface area contributed by atoms with Crippen LogP contribution in [0.4, 0.5) is 5.69 Å². The number of benzene rings is 1. The number of nitrogens with zero attached hydrogens (tertiary/aromatic N) is 1. The topological polar surface area (TPSA) is 105 Å². The molecule has 0 fully saturated rings. The number of pyridine rings is 1. The summed E-state index contributed by atoms with van der Waals surface area (Å²) in [4.78, 5) is 28.3. The maximum absolute atomic E-state index is 12.5. The number of hydrogen-bond acceptors (Lipinski definition) is 4. The van der Waals surface area contributed by atoms with Crippen molar-refractivity contribution >= 4 is 40.7 Å². The van der Waals surface area contributed by atoms with E-state index in [4.69, 9.17) is 28.9 Å². The van der Waals surface area contributed by atoms with Gasteiger partial charge < -0.3 is 16.2 Å². The molecule has 1 aromatic carbocycles. The molecular weight excluding hydrogens is 377 g/mol. The molecule has 6 nitrogen and oxygen atoms in total. The van der Waals surface area contributed by atoms with Crippen molar-refractivity contribution < 1.29 is 14.7 Å². The Hall–Kier alpha value is -2.31. The Balaban J connectivity index is 2.42. The average molecular weight is 396 g/mol. The second-order valence-corrected chi connectivity index (χ2v) is 7.66. The molecule has 2 amide bonds. The lowest BCUT2D eigenvalue weighted by Gasteiger charge is -2.25. The molecule has 138 valence electrons. The van der Waals surface area contributed by atoms with Crippen LogP contribution < -0.4 is 11.1 Å². The zero-order valence-corrected chi connectivity index (χ0v) is 16.1. The van der Waals surface area contributed by atoms with Gasteiger partial charge in [0.05, 0.1) is 17.1 Å². The van der Waals surface area contributed by atoms with E-state index in [9.17, 15) is 14.7 Å². The first-order chi connectivity index (χ1) is 12.0. The van der Waals surface area contributed by atoms with E-state index in [1.54, 1.807) is 0 Å². The van der Waals surface area contributed by atoms with Crippen LogP contribution in [0.2, 0.25) is 10.0 Å². The van der Waals surface area contributed by atoms with E-state index < -0.39 is 17.2 Å². The van der Waals surface area contributed by atoms with Crippen molar-refractivity contribution in [3.8, 4) is 5.75 Å². The summed E-state index contributed by atoms with van der Waals surface area (Å²) in [6.45, 7) is 5.56. The predicted molar refractivity (Wildman–Crippen MR) is 102 cm³/mol. The number of aromatic nitrogens is 1. The smallest absolute Gasteiger partial charge is 0.267 e. The van der Waals surface area contributed by atoms with E-state index in [2.05, 4.69) is 10.3 Å². The van der Waals surface area contributed by atoms with Crippen molar-refractivity contribution in [3.05, 3.63) is 51.3 Å². The Labute approximate surface area is 161 Å². The number of nitrogens with one attached hydrogen (secondary N) is 1. The van der Waals surface area contributed by atoms with Crippen LogP contribution in [-0.2, 0) is 16.6 Å². The molecule has 1 aromatic heterocycles. The van der Waals surface area contributed by atoms with Crippen molar-refractivity contribution in [2.24, 2.45) is 5.73 Å². The fourth-order valence-corrected chi connectivity index (χ4v) is 2.96. The summed E-state index contributed by atoms with van der Waals surface area (Å²) < 4.78 is 0. The van der Waals surface area contributed by atoms with E-state index in [0.29, 0.717) is 16.1 Å². The van der Waals surface area contributed by atoms with Gasteiger partial charge in [0.25, 0.3) is 5.91 Å². The molecule has 0 aliphatic rings. The summed E-state index contributed by atoms with van der Waals surface area (Å²) in [7, 11) is 0. The molecule has 0 bridgehead atoms. The van der Waals surface area contributed by atoms with Gasteiger partial charge in [-0.3, -0.25) is 9.59 Å². The van der Waals surface area contributed by atoms with Crippen LogP contribution >= 0.6 is 23.2 Å². The zero-order valence-electron chi connectivity index (χ0n) is 14.6. The Morgan fingerprint density at radius 1 is 1.27 bits per heavy atom. The van der Waals surface area contributed by atoms with Gasteiger partial charge in [-0.25, -0.2) is 4.98 Å². The molecule has 1 heterocycles. The monoisotopic (exact) mass is 395 g/mol. The molecule has 0 unspecified atom stereocenters. The van der Waals surface area contributed by atoms with Gasteiger partial charge in [0, 0.05) is 22.3 Å². The third-order valence-corrected chi connectivity index (χ3v) is 4.19. The standard InChI is InChI=1S/C18H19Cl2N3O3/c1-18(2,3)14-15(11(20)8-22-16(14)17(21)26)23-13(25)7-9-6-10(19)4-5-12(9)24/h4-6,8,24H,7H2,1-3H3,(H2,21,26)(H,22,23,25). The van der Waals surface area contributed by atoms with Crippen molar-refractivity contribution in [2.45, 2.75) is 32.6 Å². The quantitative estimate of drug-likeness (QED) is 0.733. The zero-order chi connectivity index (χ0) is 19.6. The lowest BCUT2D eigenvalue weighted by molar-refractivity contribution is -0.115. The molecule has 2 rings (SSSR count). The van der Waals surface area contributed by atoms with Gasteiger partial charge in [0.2, 0.25) is 5.91 Å².